The number of aromatic nitrogens is 4. The van der Waals surface area contributed by atoms with Crippen LogP contribution in [0.25, 0.3) is 11.4 Å². The number of hydrogen-bond acceptors (Lipinski definition) is 5. The van der Waals surface area contributed by atoms with E-state index in [9.17, 15) is 18.4 Å². The highest BCUT2D eigenvalue weighted by molar-refractivity contribution is 6.00. The molecule has 2 aromatic carbocycles. The van der Waals surface area contributed by atoms with Crippen molar-refractivity contribution in [1.82, 2.24) is 25.5 Å². The van der Waals surface area contributed by atoms with E-state index in [0.29, 0.717) is 11.3 Å². The average molecular weight is 454 g/mol. The molecule has 0 radical (unpaired) electrons. The minimum atomic E-state index is -0.830. The second-order valence-corrected chi connectivity index (χ2v) is 8.06. The zero-order chi connectivity index (χ0) is 23.4. The lowest BCUT2D eigenvalue weighted by Crippen LogP contribution is -2.51. The summed E-state index contributed by atoms with van der Waals surface area (Å²) in [4.78, 5) is 28.6. The fourth-order valence-corrected chi connectivity index (χ4v) is 3.92. The number of carbonyl (C=O) groups excluding carboxylic acids is 2. The molecule has 8 nitrogen and oxygen atoms in total. The second kappa shape index (κ2) is 9.85. The van der Waals surface area contributed by atoms with Crippen LogP contribution in [-0.4, -0.2) is 44.1 Å². The Bertz CT molecular complexity index is 1110. The Hall–Kier alpha value is -3.69. The van der Waals surface area contributed by atoms with Gasteiger partial charge < -0.3 is 5.32 Å². The van der Waals surface area contributed by atoms with Gasteiger partial charge in [-0.15, -0.1) is 10.2 Å². The third-order valence-electron chi connectivity index (χ3n) is 5.67. The van der Waals surface area contributed by atoms with E-state index < -0.39 is 17.8 Å². The molecule has 33 heavy (non-hydrogen) atoms. The predicted molar refractivity (Wildman–Crippen MR) is 117 cm³/mol. The summed E-state index contributed by atoms with van der Waals surface area (Å²) >= 11 is 0. The largest absolute Gasteiger partial charge is 0.352 e. The molecule has 0 aliphatic heterocycles. The average Bonchev–Trinajstić information content (AvgIpc) is 3.48. The van der Waals surface area contributed by atoms with Gasteiger partial charge in [0.1, 0.15) is 24.2 Å². The number of hydrogen-bond donors (Lipinski definition) is 1. The molecule has 0 unspecified atom stereocenters. The van der Waals surface area contributed by atoms with Crippen molar-refractivity contribution < 1.29 is 18.4 Å². The van der Waals surface area contributed by atoms with E-state index in [1.807, 2.05) is 0 Å². The van der Waals surface area contributed by atoms with Gasteiger partial charge >= 0.3 is 0 Å². The van der Waals surface area contributed by atoms with Crippen LogP contribution in [0.2, 0.25) is 0 Å². The molecule has 1 atom stereocenters. The van der Waals surface area contributed by atoms with E-state index in [4.69, 9.17) is 0 Å². The summed E-state index contributed by atoms with van der Waals surface area (Å²) in [6.07, 6.45) is 3.96. The van der Waals surface area contributed by atoms with Gasteiger partial charge in [0.05, 0.1) is 0 Å². The van der Waals surface area contributed by atoms with Gasteiger partial charge in [0.25, 0.3) is 5.91 Å². The SMILES string of the molecule is C[C@H](C(=O)NC1CCCC1)N(C(=O)Cn1nnc(-c2ccc(F)cc2)n1)c1ccc(F)cc1. The lowest BCUT2D eigenvalue weighted by Gasteiger charge is -2.29. The Kier molecular flexibility index (Phi) is 6.71. The van der Waals surface area contributed by atoms with Gasteiger partial charge in [0, 0.05) is 17.3 Å². The van der Waals surface area contributed by atoms with E-state index >= 15 is 0 Å². The van der Waals surface area contributed by atoms with Gasteiger partial charge in [-0.3, -0.25) is 14.5 Å². The molecular weight excluding hydrogens is 430 g/mol. The fourth-order valence-electron chi connectivity index (χ4n) is 3.92. The number of carbonyl (C=O) groups is 2. The third kappa shape index (κ3) is 5.39. The quantitative estimate of drug-likeness (QED) is 0.592. The molecule has 1 N–H and O–H groups in total. The van der Waals surface area contributed by atoms with Crippen LogP contribution >= 0.6 is 0 Å². The Morgan fingerprint density at radius 3 is 2.30 bits per heavy atom. The van der Waals surface area contributed by atoms with E-state index in [1.165, 1.54) is 53.4 Å². The smallest absolute Gasteiger partial charge is 0.251 e. The first kappa shape index (κ1) is 22.5. The summed E-state index contributed by atoms with van der Waals surface area (Å²) in [5.74, 6) is -1.34. The van der Waals surface area contributed by atoms with E-state index in [0.717, 1.165) is 30.5 Å². The minimum absolute atomic E-state index is 0.0976. The molecule has 1 aromatic heterocycles. The summed E-state index contributed by atoms with van der Waals surface area (Å²) in [6.45, 7) is 1.34. The monoisotopic (exact) mass is 454 g/mol. The molecule has 4 rings (SSSR count). The van der Waals surface area contributed by atoms with Crippen molar-refractivity contribution in [1.29, 1.82) is 0 Å². The number of anilines is 1. The summed E-state index contributed by atoms with van der Waals surface area (Å²) in [5, 5.41) is 15.0. The lowest BCUT2D eigenvalue weighted by atomic mass is 10.1. The van der Waals surface area contributed by atoms with Crippen LogP contribution in [0.4, 0.5) is 14.5 Å². The van der Waals surface area contributed by atoms with Crippen molar-refractivity contribution >= 4 is 17.5 Å². The van der Waals surface area contributed by atoms with Crippen LogP contribution in [-0.2, 0) is 16.1 Å². The first-order valence-corrected chi connectivity index (χ1v) is 10.8. The second-order valence-electron chi connectivity index (χ2n) is 8.06. The number of amides is 2. The van der Waals surface area contributed by atoms with Gasteiger partial charge in [-0.1, -0.05) is 12.8 Å². The van der Waals surface area contributed by atoms with Crippen LogP contribution in [0.1, 0.15) is 32.6 Å². The lowest BCUT2D eigenvalue weighted by molar-refractivity contribution is -0.127. The van der Waals surface area contributed by atoms with E-state index in [1.54, 1.807) is 6.92 Å². The van der Waals surface area contributed by atoms with Crippen LogP contribution in [0.5, 0.6) is 0 Å². The van der Waals surface area contributed by atoms with Crippen molar-refractivity contribution in [3.63, 3.8) is 0 Å². The number of rotatable bonds is 7. The van der Waals surface area contributed by atoms with Gasteiger partial charge in [0.15, 0.2) is 0 Å². The van der Waals surface area contributed by atoms with E-state index in [-0.39, 0.29) is 30.1 Å². The highest BCUT2D eigenvalue weighted by Gasteiger charge is 2.30. The van der Waals surface area contributed by atoms with Crippen molar-refractivity contribution in [2.24, 2.45) is 0 Å². The number of benzene rings is 2. The fraction of sp³-hybridized carbons (Fsp3) is 0.348. The van der Waals surface area contributed by atoms with Gasteiger partial charge in [-0.2, -0.15) is 4.80 Å². The summed E-state index contributed by atoms with van der Waals surface area (Å²) in [5.41, 5.74) is 0.934. The number of nitrogens with zero attached hydrogens (tertiary/aromatic N) is 5. The molecule has 1 heterocycles. The summed E-state index contributed by atoms with van der Waals surface area (Å²) in [7, 11) is 0. The maximum atomic E-state index is 13.5. The molecule has 1 aliphatic rings. The molecule has 0 saturated heterocycles. The number of tetrazole rings is 1. The highest BCUT2D eigenvalue weighted by Crippen LogP contribution is 2.21. The van der Waals surface area contributed by atoms with Crippen molar-refractivity contribution in [3.8, 4) is 11.4 Å². The predicted octanol–water partition coefficient (Wildman–Crippen LogP) is 3.10. The molecular formula is C23H24F2N6O2. The van der Waals surface area contributed by atoms with Crippen molar-refractivity contribution in [3.05, 3.63) is 60.2 Å². The standard InChI is InChI=1S/C23H24F2N6O2/c1-15(23(33)26-19-4-2-3-5-19)31(20-12-10-18(25)11-13-20)21(32)14-30-28-22(27-29-30)16-6-8-17(24)9-7-16/h6-13,15,19H,2-5,14H2,1H3,(H,26,33)/t15-/m1/s1. The Labute approximate surface area is 189 Å². The Morgan fingerprint density at radius 1 is 1.06 bits per heavy atom. The summed E-state index contributed by atoms with van der Waals surface area (Å²) in [6, 6.07) is 10.2. The maximum Gasteiger partial charge on any atom is 0.251 e. The maximum absolute atomic E-state index is 13.5. The number of halogens is 2. The normalized spacial score (nSPS) is 14.8. The van der Waals surface area contributed by atoms with Crippen LogP contribution in [0.3, 0.4) is 0 Å². The topological polar surface area (TPSA) is 93.0 Å². The third-order valence-corrected chi connectivity index (χ3v) is 5.67. The molecule has 1 saturated carbocycles. The molecule has 1 fully saturated rings. The minimum Gasteiger partial charge on any atom is -0.352 e. The Morgan fingerprint density at radius 2 is 1.67 bits per heavy atom. The highest BCUT2D eigenvalue weighted by atomic mass is 19.1. The first-order valence-electron chi connectivity index (χ1n) is 10.8. The zero-order valence-corrected chi connectivity index (χ0v) is 18.1. The molecule has 0 bridgehead atoms. The molecule has 2 amide bonds. The van der Waals surface area contributed by atoms with Crippen LogP contribution < -0.4 is 10.2 Å². The number of nitrogens with one attached hydrogen (secondary N) is 1. The van der Waals surface area contributed by atoms with Gasteiger partial charge in [0.2, 0.25) is 11.7 Å². The molecule has 172 valence electrons. The van der Waals surface area contributed by atoms with Crippen LogP contribution in [0.15, 0.2) is 48.5 Å². The van der Waals surface area contributed by atoms with Crippen molar-refractivity contribution in [2.45, 2.75) is 51.2 Å². The van der Waals surface area contributed by atoms with E-state index in [2.05, 4.69) is 20.7 Å². The molecule has 0 spiro atoms. The first-order chi connectivity index (χ1) is 15.9. The Balaban J connectivity index is 1.53. The molecule has 1 aliphatic carbocycles. The zero-order valence-electron chi connectivity index (χ0n) is 18.1. The van der Waals surface area contributed by atoms with Gasteiger partial charge in [-0.25, -0.2) is 8.78 Å². The van der Waals surface area contributed by atoms with Crippen molar-refractivity contribution in [2.75, 3.05) is 4.90 Å². The van der Waals surface area contributed by atoms with Crippen LogP contribution in [0, 0.1) is 11.6 Å². The summed E-state index contributed by atoms with van der Waals surface area (Å²) < 4.78 is 26.6. The molecule has 10 heteroatoms. The molecule has 3 aromatic rings. The van der Waals surface area contributed by atoms with Gasteiger partial charge in [-0.05, 0) is 73.5 Å².